The normalized spacial score (nSPS) is 11.8. The van der Waals surface area contributed by atoms with Gasteiger partial charge in [-0.3, -0.25) is 0 Å². The summed E-state index contributed by atoms with van der Waals surface area (Å²) >= 11 is 0. The molecule has 0 aliphatic rings. The molecule has 4 aromatic rings. The summed E-state index contributed by atoms with van der Waals surface area (Å²) in [5, 5.41) is 11.7. The highest BCUT2D eigenvalue weighted by Crippen LogP contribution is 2.34. The Morgan fingerprint density at radius 1 is 0.966 bits per heavy atom. The Bertz CT molecular complexity index is 1110. The van der Waals surface area contributed by atoms with Crippen LogP contribution < -0.4 is 10.1 Å². The molecule has 29 heavy (non-hydrogen) atoms. The molecule has 146 valence electrons. The van der Waals surface area contributed by atoms with Gasteiger partial charge in [0, 0.05) is 11.1 Å². The average Bonchev–Trinajstić information content (AvgIpc) is 3.23. The number of nitrogens with one attached hydrogen (secondary N) is 1. The predicted octanol–water partition coefficient (Wildman–Crippen LogP) is 5.39. The lowest BCUT2D eigenvalue weighted by atomic mass is 10.1. The minimum atomic E-state index is -0.683. The van der Waals surface area contributed by atoms with E-state index in [4.69, 9.17) is 9.15 Å². The van der Waals surface area contributed by atoms with Crippen LogP contribution in [0.15, 0.2) is 77.2 Å². The fourth-order valence-electron chi connectivity index (χ4n) is 3.12. The molecule has 0 radical (unpaired) electrons. The third-order valence-electron chi connectivity index (χ3n) is 4.58. The van der Waals surface area contributed by atoms with Gasteiger partial charge in [-0.25, -0.2) is 4.39 Å². The number of nitrogens with zero attached hydrogens (tertiary/aromatic N) is 2. The van der Waals surface area contributed by atoms with E-state index in [1.165, 1.54) is 6.07 Å². The molecule has 0 unspecified atom stereocenters. The third-order valence-corrected chi connectivity index (χ3v) is 4.58. The molecule has 0 aliphatic carbocycles. The molecular weight excluding hydrogens is 369 g/mol. The summed E-state index contributed by atoms with van der Waals surface area (Å²) in [6, 6.07) is 21.0. The molecule has 1 aromatic heterocycles. The van der Waals surface area contributed by atoms with Gasteiger partial charge in [0.05, 0.1) is 12.8 Å². The van der Waals surface area contributed by atoms with Crippen molar-refractivity contribution in [2.24, 2.45) is 0 Å². The van der Waals surface area contributed by atoms with Crippen LogP contribution in [0.2, 0.25) is 0 Å². The van der Waals surface area contributed by atoms with Crippen molar-refractivity contribution in [2.45, 2.75) is 13.0 Å². The summed E-state index contributed by atoms with van der Waals surface area (Å²) in [4.78, 5) is 0. The molecule has 1 N–H and O–H groups in total. The van der Waals surface area contributed by atoms with Gasteiger partial charge in [-0.1, -0.05) is 42.5 Å². The van der Waals surface area contributed by atoms with Gasteiger partial charge < -0.3 is 14.5 Å². The second-order valence-corrected chi connectivity index (χ2v) is 6.61. The fourth-order valence-corrected chi connectivity index (χ4v) is 3.12. The highest BCUT2D eigenvalue weighted by Gasteiger charge is 2.25. The third kappa shape index (κ3) is 3.96. The smallest absolute Gasteiger partial charge is 0.247 e. The second kappa shape index (κ2) is 8.14. The Morgan fingerprint density at radius 3 is 2.48 bits per heavy atom. The number of ether oxygens (including phenoxy) is 1. The van der Waals surface area contributed by atoms with E-state index in [-0.39, 0.29) is 11.7 Å². The van der Waals surface area contributed by atoms with E-state index in [9.17, 15) is 4.39 Å². The molecule has 3 aromatic carbocycles. The standard InChI is InChI=1S/C23H20FN3O2/c1-15-12-13-20(28-2)19(14-15)25-21(17-10-6-7-11-18(17)24)23-27-26-22(29-23)16-8-4-3-5-9-16/h3-14,21,25H,1-2H3/t21-/m0/s1. The van der Waals surface area contributed by atoms with Crippen molar-refractivity contribution in [3.05, 3.63) is 95.6 Å². The van der Waals surface area contributed by atoms with Gasteiger partial charge in [0.2, 0.25) is 11.8 Å². The van der Waals surface area contributed by atoms with E-state index in [0.717, 1.165) is 11.1 Å². The molecule has 1 heterocycles. The Labute approximate surface area is 168 Å². The minimum absolute atomic E-state index is 0.262. The number of benzene rings is 3. The molecule has 0 fully saturated rings. The minimum Gasteiger partial charge on any atom is -0.495 e. The van der Waals surface area contributed by atoms with Crippen molar-refractivity contribution in [1.82, 2.24) is 10.2 Å². The number of aryl methyl sites for hydroxylation is 1. The first-order valence-electron chi connectivity index (χ1n) is 9.20. The summed E-state index contributed by atoms with van der Waals surface area (Å²) in [5.41, 5.74) is 2.95. The van der Waals surface area contributed by atoms with E-state index in [1.54, 1.807) is 25.3 Å². The maximum atomic E-state index is 14.7. The zero-order valence-electron chi connectivity index (χ0n) is 16.1. The van der Waals surface area contributed by atoms with Crippen LogP contribution in [0.25, 0.3) is 11.5 Å². The lowest BCUT2D eigenvalue weighted by Gasteiger charge is -2.20. The van der Waals surface area contributed by atoms with E-state index in [0.29, 0.717) is 22.9 Å². The van der Waals surface area contributed by atoms with Crippen LogP contribution in [0, 0.1) is 12.7 Å². The van der Waals surface area contributed by atoms with Crippen molar-refractivity contribution < 1.29 is 13.5 Å². The van der Waals surface area contributed by atoms with Crippen LogP contribution in [-0.2, 0) is 0 Å². The Kier molecular flexibility index (Phi) is 5.24. The zero-order chi connectivity index (χ0) is 20.2. The monoisotopic (exact) mass is 389 g/mol. The summed E-state index contributed by atoms with van der Waals surface area (Å²) in [5.74, 6) is 0.910. The first kappa shape index (κ1) is 18.7. The molecule has 0 bridgehead atoms. The number of methoxy groups -OCH3 is 1. The largest absolute Gasteiger partial charge is 0.495 e. The van der Waals surface area contributed by atoms with Crippen molar-refractivity contribution in [3.8, 4) is 17.2 Å². The molecule has 4 rings (SSSR count). The van der Waals surface area contributed by atoms with Gasteiger partial charge in [-0.05, 0) is 42.8 Å². The Morgan fingerprint density at radius 2 is 1.72 bits per heavy atom. The van der Waals surface area contributed by atoms with Gasteiger partial charge >= 0.3 is 0 Å². The maximum absolute atomic E-state index is 14.7. The first-order chi connectivity index (χ1) is 14.2. The molecule has 6 heteroatoms. The predicted molar refractivity (Wildman–Crippen MR) is 109 cm³/mol. The van der Waals surface area contributed by atoms with Crippen molar-refractivity contribution >= 4 is 5.69 Å². The molecule has 0 amide bonds. The Balaban J connectivity index is 1.77. The first-order valence-corrected chi connectivity index (χ1v) is 9.20. The number of hydrogen-bond donors (Lipinski definition) is 1. The number of halogens is 1. The molecule has 5 nitrogen and oxygen atoms in total. The van der Waals surface area contributed by atoms with Crippen molar-refractivity contribution in [2.75, 3.05) is 12.4 Å². The summed E-state index contributed by atoms with van der Waals surface area (Å²) in [7, 11) is 1.59. The van der Waals surface area contributed by atoms with Crippen LogP contribution in [0.5, 0.6) is 5.75 Å². The molecule has 0 saturated carbocycles. The quantitative estimate of drug-likeness (QED) is 0.479. The summed E-state index contributed by atoms with van der Waals surface area (Å²) < 4.78 is 26.0. The van der Waals surface area contributed by atoms with Crippen LogP contribution in [0.4, 0.5) is 10.1 Å². The topological polar surface area (TPSA) is 60.2 Å². The average molecular weight is 389 g/mol. The summed E-state index contributed by atoms with van der Waals surface area (Å²) in [6.45, 7) is 1.98. The van der Waals surface area contributed by atoms with E-state index < -0.39 is 6.04 Å². The fraction of sp³-hybridized carbons (Fsp3) is 0.130. The van der Waals surface area contributed by atoms with E-state index >= 15 is 0 Å². The van der Waals surface area contributed by atoms with Gasteiger partial charge in [0.25, 0.3) is 0 Å². The lowest BCUT2D eigenvalue weighted by molar-refractivity contribution is 0.415. The molecule has 0 aliphatic heterocycles. The van der Waals surface area contributed by atoms with Crippen LogP contribution >= 0.6 is 0 Å². The number of hydrogen-bond acceptors (Lipinski definition) is 5. The zero-order valence-corrected chi connectivity index (χ0v) is 16.1. The van der Waals surface area contributed by atoms with Crippen molar-refractivity contribution in [1.29, 1.82) is 0 Å². The van der Waals surface area contributed by atoms with Crippen LogP contribution in [0.3, 0.4) is 0 Å². The van der Waals surface area contributed by atoms with Crippen LogP contribution in [0.1, 0.15) is 23.1 Å². The molecule has 1 atom stereocenters. The number of aromatic nitrogens is 2. The maximum Gasteiger partial charge on any atom is 0.247 e. The number of rotatable bonds is 6. The van der Waals surface area contributed by atoms with Crippen LogP contribution in [-0.4, -0.2) is 17.3 Å². The van der Waals surface area contributed by atoms with Gasteiger partial charge in [0.1, 0.15) is 17.6 Å². The Hall–Kier alpha value is -3.67. The van der Waals surface area contributed by atoms with Gasteiger partial charge in [-0.2, -0.15) is 0 Å². The van der Waals surface area contributed by atoms with E-state index in [1.807, 2.05) is 55.5 Å². The highest BCUT2D eigenvalue weighted by atomic mass is 19.1. The highest BCUT2D eigenvalue weighted by molar-refractivity contribution is 5.60. The number of anilines is 1. The molecule has 0 spiro atoms. The molecule has 0 saturated heterocycles. The van der Waals surface area contributed by atoms with E-state index in [2.05, 4.69) is 15.5 Å². The lowest BCUT2D eigenvalue weighted by Crippen LogP contribution is -2.15. The summed E-state index contributed by atoms with van der Waals surface area (Å²) in [6.07, 6.45) is 0. The molecular formula is C23H20FN3O2. The second-order valence-electron chi connectivity index (χ2n) is 6.61. The van der Waals surface area contributed by atoms with Gasteiger partial charge in [-0.15, -0.1) is 10.2 Å². The van der Waals surface area contributed by atoms with Gasteiger partial charge in [0.15, 0.2) is 0 Å². The van der Waals surface area contributed by atoms with Crippen molar-refractivity contribution in [3.63, 3.8) is 0 Å². The SMILES string of the molecule is COc1ccc(C)cc1N[C@H](c1nnc(-c2ccccc2)o1)c1ccccc1F.